The lowest BCUT2D eigenvalue weighted by atomic mass is 10.1. The van der Waals surface area contributed by atoms with Crippen molar-refractivity contribution in [1.82, 2.24) is 0 Å². The molecule has 0 saturated heterocycles. The van der Waals surface area contributed by atoms with Crippen LogP contribution in [0.3, 0.4) is 0 Å². The van der Waals surface area contributed by atoms with Gasteiger partial charge in [-0.1, -0.05) is 11.6 Å². The van der Waals surface area contributed by atoms with E-state index >= 15 is 0 Å². The summed E-state index contributed by atoms with van der Waals surface area (Å²) >= 11 is 0. The van der Waals surface area contributed by atoms with Gasteiger partial charge in [0.2, 0.25) is 0 Å². The highest BCUT2D eigenvalue weighted by Crippen LogP contribution is 1.99. The van der Waals surface area contributed by atoms with Crippen molar-refractivity contribution < 1.29 is 5.21 Å². The molecule has 0 amide bonds. The van der Waals surface area contributed by atoms with Crippen LogP contribution in [0.5, 0.6) is 0 Å². The first-order chi connectivity index (χ1) is 4.81. The Kier molecular flexibility index (Phi) is 6.18. The zero-order valence-electron chi connectivity index (χ0n) is 6.51. The van der Waals surface area contributed by atoms with Gasteiger partial charge >= 0.3 is 0 Å². The van der Waals surface area contributed by atoms with Crippen molar-refractivity contribution in [3.63, 3.8) is 0 Å². The van der Waals surface area contributed by atoms with E-state index in [0.29, 0.717) is 0 Å². The molecule has 0 aliphatic heterocycles. The van der Waals surface area contributed by atoms with Gasteiger partial charge in [0.1, 0.15) is 0 Å². The molecule has 10 heavy (non-hydrogen) atoms. The monoisotopic (exact) mass is 144 g/mol. The van der Waals surface area contributed by atoms with Gasteiger partial charge in [-0.25, -0.2) is 0 Å². The van der Waals surface area contributed by atoms with Gasteiger partial charge in [-0.05, 0) is 32.7 Å². The fraction of sp³-hybridized carbons (Fsp3) is 0.857. The predicted octanol–water partition coefficient (Wildman–Crippen LogP) is 1.36. The Morgan fingerprint density at radius 1 is 1.40 bits per heavy atom. The van der Waals surface area contributed by atoms with Gasteiger partial charge in [-0.2, -0.15) is 0 Å². The van der Waals surface area contributed by atoms with Crippen LogP contribution in [0.15, 0.2) is 5.16 Å². The summed E-state index contributed by atoms with van der Waals surface area (Å²) in [6, 6.07) is 0. The molecule has 0 atom stereocenters. The van der Waals surface area contributed by atoms with Crippen molar-refractivity contribution in [2.45, 2.75) is 32.6 Å². The van der Waals surface area contributed by atoms with E-state index in [1.165, 1.54) is 0 Å². The Morgan fingerprint density at radius 3 is 2.60 bits per heavy atom. The highest BCUT2D eigenvalue weighted by molar-refractivity contribution is 5.81. The van der Waals surface area contributed by atoms with Crippen LogP contribution in [0.4, 0.5) is 0 Å². The van der Waals surface area contributed by atoms with Gasteiger partial charge in [0.25, 0.3) is 0 Å². The smallest absolute Gasteiger partial charge is 0.0540 e. The Hall–Kier alpha value is -0.570. The largest absolute Gasteiger partial charge is 0.411 e. The highest BCUT2D eigenvalue weighted by Gasteiger charge is 1.91. The van der Waals surface area contributed by atoms with Crippen molar-refractivity contribution in [3.05, 3.63) is 0 Å². The molecule has 0 fully saturated rings. The molecule has 0 aromatic rings. The average molecular weight is 144 g/mol. The lowest BCUT2D eigenvalue weighted by Crippen LogP contribution is -1.98. The third kappa shape index (κ3) is 5.56. The number of oxime groups is 1. The first-order valence-electron chi connectivity index (χ1n) is 3.69. The van der Waals surface area contributed by atoms with E-state index in [2.05, 4.69) is 5.16 Å². The van der Waals surface area contributed by atoms with Gasteiger partial charge in [-0.3, -0.25) is 0 Å². The second-order valence-electron chi connectivity index (χ2n) is 2.43. The Bertz CT molecular complexity index is 102. The van der Waals surface area contributed by atoms with Crippen LogP contribution in [0.1, 0.15) is 32.6 Å². The van der Waals surface area contributed by atoms with E-state index in [4.69, 9.17) is 10.9 Å². The minimum Gasteiger partial charge on any atom is -0.411 e. The second kappa shape index (κ2) is 6.55. The third-order valence-corrected chi connectivity index (χ3v) is 1.41. The minimum absolute atomic E-state index is 0.759. The van der Waals surface area contributed by atoms with E-state index in [1.807, 2.05) is 6.92 Å². The van der Waals surface area contributed by atoms with Crippen LogP contribution >= 0.6 is 0 Å². The number of nitrogens with zero attached hydrogens (tertiary/aromatic N) is 1. The minimum atomic E-state index is 0.759. The maximum Gasteiger partial charge on any atom is 0.0540 e. The van der Waals surface area contributed by atoms with Crippen molar-refractivity contribution in [2.75, 3.05) is 6.54 Å². The van der Waals surface area contributed by atoms with Crippen molar-refractivity contribution in [2.24, 2.45) is 10.9 Å². The second-order valence-corrected chi connectivity index (χ2v) is 2.43. The molecular formula is C7H16N2O. The number of hydrogen-bond acceptors (Lipinski definition) is 3. The fourth-order valence-corrected chi connectivity index (χ4v) is 0.752. The number of nitrogens with two attached hydrogens (primary N) is 1. The summed E-state index contributed by atoms with van der Waals surface area (Å²) in [4.78, 5) is 0. The summed E-state index contributed by atoms with van der Waals surface area (Å²) in [5.41, 5.74) is 6.10. The Balaban J connectivity index is 3.04. The van der Waals surface area contributed by atoms with Crippen LogP contribution in [0, 0.1) is 0 Å². The third-order valence-electron chi connectivity index (χ3n) is 1.41. The van der Waals surface area contributed by atoms with E-state index in [9.17, 15) is 0 Å². The zero-order chi connectivity index (χ0) is 7.82. The quantitative estimate of drug-likeness (QED) is 0.265. The molecule has 0 aromatic carbocycles. The molecule has 0 saturated carbocycles. The Labute approximate surface area is 61.9 Å². The van der Waals surface area contributed by atoms with Gasteiger partial charge in [-0.15, -0.1) is 0 Å². The summed E-state index contributed by atoms with van der Waals surface area (Å²) in [7, 11) is 0. The fourth-order valence-electron chi connectivity index (χ4n) is 0.752. The molecule has 0 unspecified atom stereocenters. The number of unbranched alkanes of at least 4 members (excludes halogenated alkanes) is 2. The van der Waals surface area contributed by atoms with Crippen molar-refractivity contribution >= 4 is 5.71 Å². The molecule has 3 N–H and O–H groups in total. The molecule has 60 valence electrons. The molecular weight excluding hydrogens is 128 g/mol. The van der Waals surface area contributed by atoms with E-state index < -0.39 is 0 Å². The van der Waals surface area contributed by atoms with Crippen LogP contribution < -0.4 is 5.73 Å². The van der Waals surface area contributed by atoms with Crippen molar-refractivity contribution in [1.29, 1.82) is 0 Å². The SMILES string of the molecule is CC(CCCCCN)=NO. The summed E-state index contributed by atoms with van der Waals surface area (Å²) in [5.74, 6) is 0. The first kappa shape index (κ1) is 9.43. The summed E-state index contributed by atoms with van der Waals surface area (Å²) in [6.07, 6.45) is 4.16. The molecule has 0 radical (unpaired) electrons. The van der Waals surface area contributed by atoms with Crippen LogP contribution in [-0.2, 0) is 0 Å². The van der Waals surface area contributed by atoms with Crippen LogP contribution in [0.25, 0.3) is 0 Å². The standard InChI is InChI=1S/C7H16N2O/c1-7(9-10)5-3-2-4-6-8/h10H,2-6,8H2,1H3. The lowest BCUT2D eigenvalue weighted by Gasteiger charge is -1.96. The summed E-state index contributed by atoms with van der Waals surface area (Å²) < 4.78 is 0. The average Bonchev–Trinajstić information content (AvgIpc) is 1.98. The van der Waals surface area contributed by atoms with Gasteiger partial charge in [0, 0.05) is 0 Å². The molecule has 0 spiro atoms. The molecule has 0 heterocycles. The van der Waals surface area contributed by atoms with Crippen LogP contribution in [0.2, 0.25) is 0 Å². The van der Waals surface area contributed by atoms with E-state index in [1.54, 1.807) is 0 Å². The maximum atomic E-state index is 8.25. The molecule has 3 heteroatoms. The predicted molar refractivity (Wildman–Crippen MR) is 42.4 cm³/mol. The topological polar surface area (TPSA) is 58.6 Å². The highest BCUT2D eigenvalue weighted by atomic mass is 16.4. The van der Waals surface area contributed by atoms with E-state index in [0.717, 1.165) is 37.9 Å². The molecule has 3 nitrogen and oxygen atoms in total. The van der Waals surface area contributed by atoms with E-state index in [-0.39, 0.29) is 0 Å². The normalized spacial score (nSPS) is 12.0. The summed E-state index contributed by atoms with van der Waals surface area (Å²) in [6.45, 7) is 2.58. The molecule has 0 aliphatic rings. The molecule has 0 aromatic heterocycles. The Morgan fingerprint density at radius 2 is 2.10 bits per heavy atom. The van der Waals surface area contributed by atoms with Gasteiger partial charge in [0.05, 0.1) is 5.71 Å². The lowest BCUT2D eigenvalue weighted by molar-refractivity contribution is 0.317. The molecule has 0 aliphatic carbocycles. The summed E-state index contributed by atoms with van der Waals surface area (Å²) in [5, 5.41) is 11.3. The number of hydrogen-bond donors (Lipinski definition) is 2. The number of rotatable bonds is 5. The molecule has 0 bridgehead atoms. The molecule has 0 rings (SSSR count). The zero-order valence-corrected chi connectivity index (χ0v) is 6.51. The van der Waals surface area contributed by atoms with Crippen LogP contribution in [-0.4, -0.2) is 17.5 Å². The van der Waals surface area contributed by atoms with Gasteiger partial charge < -0.3 is 10.9 Å². The first-order valence-corrected chi connectivity index (χ1v) is 3.69. The van der Waals surface area contributed by atoms with Gasteiger partial charge in [0.15, 0.2) is 0 Å². The van der Waals surface area contributed by atoms with Crippen molar-refractivity contribution in [3.8, 4) is 0 Å². The maximum absolute atomic E-state index is 8.25.